The van der Waals surface area contributed by atoms with E-state index in [2.05, 4.69) is 10.4 Å². The fourth-order valence-corrected chi connectivity index (χ4v) is 2.05. The molecule has 9 heteroatoms. The first-order valence-corrected chi connectivity index (χ1v) is 6.01. The number of nitrogens with one attached hydrogen (secondary N) is 1. The van der Waals surface area contributed by atoms with E-state index in [1.165, 1.54) is 19.2 Å². The topological polar surface area (TPSA) is 29.9 Å². The van der Waals surface area contributed by atoms with Gasteiger partial charge in [-0.2, -0.15) is 31.4 Å². The van der Waals surface area contributed by atoms with Crippen molar-refractivity contribution in [2.75, 3.05) is 6.54 Å². The highest BCUT2D eigenvalue weighted by atomic mass is 19.4. The summed E-state index contributed by atoms with van der Waals surface area (Å²) >= 11 is 0. The van der Waals surface area contributed by atoms with Gasteiger partial charge in [-0.25, -0.2) is 0 Å². The third-order valence-electron chi connectivity index (χ3n) is 2.83. The molecule has 1 rings (SSSR count). The molecule has 1 aromatic rings. The van der Waals surface area contributed by atoms with Crippen LogP contribution >= 0.6 is 0 Å². The van der Waals surface area contributed by atoms with Crippen molar-refractivity contribution in [2.24, 2.45) is 5.92 Å². The fraction of sp³-hybridized carbons (Fsp3) is 0.727. The average molecular weight is 303 g/mol. The summed E-state index contributed by atoms with van der Waals surface area (Å²) < 4.78 is 78.1. The Hall–Kier alpha value is -1.25. The summed E-state index contributed by atoms with van der Waals surface area (Å²) in [6.45, 7) is 3.20. The Labute approximate surface area is 112 Å². The monoisotopic (exact) mass is 303 g/mol. The molecule has 0 amide bonds. The van der Waals surface area contributed by atoms with E-state index in [1.54, 1.807) is 6.92 Å². The Morgan fingerprint density at radius 1 is 1.15 bits per heavy atom. The van der Waals surface area contributed by atoms with Gasteiger partial charge in [-0.1, -0.05) is 6.92 Å². The largest absolute Gasteiger partial charge is 0.402 e. The summed E-state index contributed by atoms with van der Waals surface area (Å²) in [7, 11) is 0. The highest BCUT2D eigenvalue weighted by Crippen LogP contribution is 2.46. The first-order chi connectivity index (χ1) is 9.12. The number of nitrogens with zero attached hydrogens (tertiary/aromatic N) is 2. The first kappa shape index (κ1) is 16.8. The van der Waals surface area contributed by atoms with Gasteiger partial charge >= 0.3 is 12.4 Å². The van der Waals surface area contributed by atoms with E-state index in [-0.39, 0.29) is 18.8 Å². The van der Waals surface area contributed by atoms with Gasteiger partial charge < -0.3 is 5.32 Å². The second-order valence-electron chi connectivity index (χ2n) is 4.17. The van der Waals surface area contributed by atoms with Crippen molar-refractivity contribution in [3.63, 3.8) is 0 Å². The van der Waals surface area contributed by atoms with Crippen LogP contribution in [-0.4, -0.2) is 28.7 Å². The number of aryl methyl sites for hydroxylation is 1. The van der Waals surface area contributed by atoms with Crippen LogP contribution < -0.4 is 5.32 Å². The minimum absolute atomic E-state index is 0.0256. The molecule has 3 nitrogen and oxygen atoms in total. The van der Waals surface area contributed by atoms with Gasteiger partial charge in [0.15, 0.2) is 5.92 Å². The maximum Gasteiger partial charge on any atom is 0.402 e. The molecular weight excluding hydrogens is 288 g/mol. The Morgan fingerprint density at radius 3 is 2.10 bits per heavy atom. The lowest BCUT2D eigenvalue weighted by atomic mass is 9.95. The Bertz CT molecular complexity index is 409. The number of rotatable bonds is 5. The molecule has 0 aromatic carbocycles. The molecule has 116 valence electrons. The van der Waals surface area contributed by atoms with Gasteiger partial charge in [0.2, 0.25) is 0 Å². The Kier molecular flexibility index (Phi) is 5.06. The predicted octanol–water partition coefficient (Wildman–Crippen LogP) is 3.29. The molecule has 0 aliphatic carbocycles. The van der Waals surface area contributed by atoms with Crippen molar-refractivity contribution in [2.45, 2.75) is 38.8 Å². The Morgan fingerprint density at radius 2 is 1.70 bits per heavy atom. The molecule has 20 heavy (non-hydrogen) atoms. The standard InChI is InChI=1S/C11H15F6N3/c1-3-18-8(7-5-6-19-20(7)4-2)9(10(12,13)14)11(15,16)17/h5-6,8-9,18H,3-4H2,1-2H3. The van der Waals surface area contributed by atoms with E-state index in [0.717, 1.165) is 4.68 Å². The van der Waals surface area contributed by atoms with Crippen molar-refractivity contribution < 1.29 is 26.3 Å². The average Bonchev–Trinajstić information content (AvgIpc) is 2.72. The van der Waals surface area contributed by atoms with Crippen LogP contribution in [0.25, 0.3) is 0 Å². The van der Waals surface area contributed by atoms with E-state index in [0.29, 0.717) is 0 Å². The van der Waals surface area contributed by atoms with Gasteiger partial charge in [0.05, 0.1) is 11.7 Å². The maximum absolute atomic E-state index is 12.8. The molecule has 0 saturated heterocycles. The van der Waals surface area contributed by atoms with Gasteiger partial charge in [0, 0.05) is 12.7 Å². The Balaban J connectivity index is 3.29. The number of halogens is 6. The van der Waals surface area contributed by atoms with Crippen LogP contribution in [0.2, 0.25) is 0 Å². The summed E-state index contributed by atoms with van der Waals surface area (Å²) in [6.07, 6.45) is -9.60. The summed E-state index contributed by atoms with van der Waals surface area (Å²) in [5, 5.41) is 6.00. The summed E-state index contributed by atoms with van der Waals surface area (Å²) in [4.78, 5) is 0. The highest BCUT2D eigenvalue weighted by Gasteiger charge is 2.60. The van der Waals surface area contributed by atoms with Gasteiger partial charge in [-0.05, 0) is 19.5 Å². The molecule has 0 bridgehead atoms. The number of hydrogen-bond acceptors (Lipinski definition) is 2. The van der Waals surface area contributed by atoms with Gasteiger partial charge in [-0.3, -0.25) is 4.68 Å². The molecule has 0 aliphatic rings. The summed E-state index contributed by atoms with van der Waals surface area (Å²) in [5.74, 6) is -3.48. The normalized spacial score (nSPS) is 14.8. The van der Waals surface area contributed by atoms with Crippen molar-refractivity contribution in [1.29, 1.82) is 0 Å². The van der Waals surface area contributed by atoms with Crippen LogP contribution in [0.15, 0.2) is 12.3 Å². The molecule has 1 atom stereocenters. The quantitative estimate of drug-likeness (QED) is 0.846. The van der Waals surface area contributed by atoms with Crippen molar-refractivity contribution >= 4 is 0 Å². The molecule has 0 saturated carbocycles. The van der Waals surface area contributed by atoms with Gasteiger partial charge in [0.1, 0.15) is 0 Å². The highest BCUT2D eigenvalue weighted by molar-refractivity contribution is 5.11. The van der Waals surface area contributed by atoms with Gasteiger partial charge in [0.25, 0.3) is 0 Å². The van der Waals surface area contributed by atoms with E-state index in [4.69, 9.17) is 0 Å². The third-order valence-corrected chi connectivity index (χ3v) is 2.83. The van der Waals surface area contributed by atoms with Crippen LogP contribution in [0.5, 0.6) is 0 Å². The predicted molar refractivity (Wildman–Crippen MR) is 59.9 cm³/mol. The molecule has 0 spiro atoms. The molecule has 0 aliphatic heterocycles. The van der Waals surface area contributed by atoms with E-state index >= 15 is 0 Å². The zero-order valence-electron chi connectivity index (χ0n) is 10.9. The molecule has 0 radical (unpaired) electrons. The zero-order valence-corrected chi connectivity index (χ0v) is 10.9. The maximum atomic E-state index is 12.8. The van der Waals surface area contributed by atoms with E-state index in [1.807, 2.05) is 0 Å². The second-order valence-corrected chi connectivity index (χ2v) is 4.17. The molecule has 1 unspecified atom stereocenters. The summed E-state index contributed by atoms with van der Waals surface area (Å²) in [6, 6.07) is -0.746. The lowest BCUT2D eigenvalue weighted by Gasteiger charge is -2.31. The molecule has 1 heterocycles. The lowest BCUT2D eigenvalue weighted by Crippen LogP contribution is -2.46. The molecule has 1 N–H and O–H groups in total. The fourth-order valence-electron chi connectivity index (χ4n) is 2.05. The lowest BCUT2D eigenvalue weighted by molar-refractivity contribution is -0.293. The minimum Gasteiger partial charge on any atom is -0.308 e. The number of hydrogen-bond donors (Lipinski definition) is 1. The van der Waals surface area contributed by atoms with Crippen LogP contribution in [-0.2, 0) is 6.54 Å². The van der Waals surface area contributed by atoms with E-state index in [9.17, 15) is 26.3 Å². The van der Waals surface area contributed by atoms with Crippen LogP contribution in [0.4, 0.5) is 26.3 Å². The first-order valence-electron chi connectivity index (χ1n) is 6.01. The van der Waals surface area contributed by atoms with Crippen molar-refractivity contribution in [3.8, 4) is 0 Å². The zero-order chi connectivity index (χ0) is 15.6. The number of aromatic nitrogens is 2. The number of alkyl halides is 6. The molecule has 1 aromatic heterocycles. The van der Waals surface area contributed by atoms with Crippen molar-refractivity contribution in [1.82, 2.24) is 15.1 Å². The SMILES string of the molecule is CCNC(c1ccnn1CC)C(C(F)(F)F)C(F)(F)F. The summed E-state index contributed by atoms with van der Waals surface area (Å²) in [5.41, 5.74) is -0.131. The van der Waals surface area contributed by atoms with Crippen LogP contribution in [0.3, 0.4) is 0 Å². The smallest absolute Gasteiger partial charge is 0.308 e. The minimum atomic E-state index is -5.39. The molecule has 0 fully saturated rings. The third kappa shape index (κ3) is 3.65. The van der Waals surface area contributed by atoms with Crippen molar-refractivity contribution in [3.05, 3.63) is 18.0 Å². The van der Waals surface area contributed by atoms with E-state index < -0.39 is 24.3 Å². The second kappa shape index (κ2) is 6.02. The molecular formula is C11H15F6N3. The van der Waals surface area contributed by atoms with Crippen LogP contribution in [0.1, 0.15) is 25.6 Å². The van der Waals surface area contributed by atoms with Crippen LogP contribution in [0, 0.1) is 5.92 Å². The van der Waals surface area contributed by atoms with Gasteiger partial charge in [-0.15, -0.1) is 0 Å².